The van der Waals surface area contributed by atoms with Crippen molar-refractivity contribution < 1.29 is 9.53 Å². The van der Waals surface area contributed by atoms with Gasteiger partial charge in [0, 0.05) is 11.9 Å². The van der Waals surface area contributed by atoms with Crippen LogP contribution in [0.3, 0.4) is 0 Å². The van der Waals surface area contributed by atoms with Crippen LogP contribution in [0.2, 0.25) is 0 Å². The van der Waals surface area contributed by atoms with Crippen molar-refractivity contribution in [3.8, 4) is 11.8 Å². The highest BCUT2D eigenvalue weighted by atomic mass is 32.2. The quantitative estimate of drug-likeness (QED) is 0.423. The van der Waals surface area contributed by atoms with Crippen LogP contribution in [0.1, 0.15) is 65.6 Å². The van der Waals surface area contributed by atoms with E-state index in [1.54, 1.807) is 0 Å². The molecular formula is C25H29N5O2S2. The normalized spacial score (nSPS) is 12.9. The molecule has 9 heteroatoms. The molecule has 0 atom stereocenters. The molecule has 0 spiro atoms. The number of hydrogen-bond donors (Lipinski definition) is 1. The summed E-state index contributed by atoms with van der Waals surface area (Å²) >= 11 is 2.86. The molecular weight excluding hydrogens is 466 g/mol. The number of rotatable bonds is 8. The van der Waals surface area contributed by atoms with E-state index in [1.165, 1.54) is 28.0 Å². The van der Waals surface area contributed by atoms with Crippen LogP contribution in [0, 0.1) is 18.3 Å². The number of ether oxygens (including phenoxy) is 1. The van der Waals surface area contributed by atoms with E-state index in [-0.39, 0.29) is 11.7 Å². The number of benzene rings is 1. The maximum atomic E-state index is 12.6. The number of anilines is 1. The van der Waals surface area contributed by atoms with Crippen LogP contribution in [-0.4, -0.2) is 26.4 Å². The van der Waals surface area contributed by atoms with E-state index in [1.807, 2.05) is 24.6 Å². The van der Waals surface area contributed by atoms with Gasteiger partial charge in [0.05, 0.1) is 11.3 Å². The molecule has 1 aliphatic rings. The summed E-state index contributed by atoms with van der Waals surface area (Å²) < 4.78 is 7.94. The Bertz CT molecular complexity index is 1240. The van der Waals surface area contributed by atoms with Crippen molar-refractivity contribution >= 4 is 34.0 Å². The first-order valence-electron chi connectivity index (χ1n) is 11.5. The fourth-order valence-corrected chi connectivity index (χ4v) is 6.03. The molecule has 34 heavy (non-hydrogen) atoms. The average molecular weight is 496 g/mol. The lowest BCUT2D eigenvalue weighted by molar-refractivity contribution is -0.113. The Kier molecular flexibility index (Phi) is 7.59. The second-order valence-electron chi connectivity index (χ2n) is 8.81. The van der Waals surface area contributed by atoms with Crippen LogP contribution in [-0.2, 0) is 31.3 Å². The number of nitrogens with one attached hydrogen (secondary N) is 1. The van der Waals surface area contributed by atoms with Gasteiger partial charge in [-0.1, -0.05) is 37.7 Å². The first kappa shape index (κ1) is 24.3. The highest BCUT2D eigenvalue weighted by Gasteiger charge is 2.22. The number of aryl methyl sites for hydroxylation is 2. The number of carbonyl (C=O) groups is 1. The van der Waals surface area contributed by atoms with Crippen LogP contribution in [0.5, 0.6) is 5.75 Å². The smallest absolute Gasteiger partial charge is 0.235 e. The predicted molar refractivity (Wildman–Crippen MR) is 136 cm³/mol. The third-order valence-electron chi connectivity index (χ3n) is 5.94. The van der Waals surface area contributed by atoms with Gasteiger partial charge in [0.2, 0.25) is 5.91 Å². The molecule has 0 saturated carbocycles. The highest BCUT2D eigenvalue weighted by molar-refractivity contribution is 7.99. The minimum atomic E-state index is -0.151. The van der Waals surface area contributed by atoms with Crippen LogP contribution < -0.4 is 10.1 Å². The van der Waals surface area contributed by atoms with E-state index in [0.29, 0.717) is 34.1 Å². The van der Waals surface area contributed by atoms with E-state index >= 15 is 0 Å². The fourth-order valence-electron chi connectivity index (χ4n) is 4.05. The van der Waals surface area contributed by atoms with Crippen molar-refractivity contribution in [1.82, 2.24) is 14.8 Å². The Hall–Kier alpha value is -2.83. The van der Waals surface area contributed by atoms with Crippen molar-refractivity contribution in [3.05, 3.63) is 51.2 Å². The van der Waals surface area contributed by atoms with E-state index in [4.69, 9.17) is 4.74 Å². The molecule has 2 aromatic heterocycles. The van der Waals surface area contributed by atoms with E-state index in [2.05, 4.69) is 47.6 Å². The maximum Gasteiger partial charge on any atom is 0.235 e. The van der Waals surface area contributed by atoms with E-state index in [0.717, 1.165) is 48.1 Å². The van der Waals surface area contributed by atoms with Gasteiger partial charge in [0.25, 0.3) is 0 Å². The third-order valence-corrected chi connectivity index (χ3v) is 8.17. The second kappa shape index (κ2) is 10.6. The van der Waals surface area contributed by atoms with Gasteiger partial charge in [0.1, 0.15) is 23.4 Å². The molecule has 0 unspecified atom stereocenters. The van der Waals surface area contributed by atoms with Gasteiger partial charge >= 0.3 is 0 Å². The molecule has 178 valence electrons. The predicted octanol–water partition coefficient (Wildman–Crippen LogP) is 5.37. The van der Waals surface area contributed by atoms with Crippen LogP contribution in [0.15, 0.2) is 23.4 Å². The number of thiophene rings is 1. The Morgan fingerprint density at radius 3 is 2.88 bits per heavy atom. The zero-order chi connectivity index (χ0) is 24.2. The molecule has 0 bridgehead atoms. The number of nitrogens with zero attached hydrogens (tertiary/aromatic N) is 4. The molecule has 1 aliphatic carbocycles. The number of nitriles is 1. The van der Waals surface area contributed by atoms with Gasteiger partial charge in [-0.05, 0) is 61.3 Å². The Morgan fingerprint density at radius 1 is 1.32 bits per heavy atom. The van der Waals surface area contributed by atoms with E-state index < -0.39 is 0 Å². The molecule has 0 saturated heterocycles. The largest absolute Gasteiger partial charge is 0.485 e. The number of fused-ring (bicyclic) bond motifs is 1. The van der Waals surface area contributed by atoms with Gasteiger partial charge in [-0.3, -0.25) is 4.79 Å². The maximum absolute atomic E-state index is 12.6. The SMILES string of the molecule is Cc1ccc(C(C)C)c(OCc2nnc(SCC(=O)Nc3sc4c(c3C#N)CCCC4)n2C)c1. The van der Waals surface area contributed by atoms with Crippen molar-refractivity contribution in [2.75, 3.05) is 11.1 Å². The summed E-state index contributed by atoms with van der Waals surface area (Å²) in [6, 6.07) is 8.53. The van der Waals surface area contributed by atoms with Gasteiger partial charge in [-0.15, -0.1) is 21.5 Å². The lowest BCUT2D eigenvalue weighted by Gasteiger charge is -2.14. The topological polar surface area (TPSA) is 92.8 Å². The molecule has 1 N–H and O–H groups in total. The highest BCUT2D eigenvalue weighted by Crippen LogP contribution is 2.37. The van der Waals surface area contributed by atoms with Crippen molar-refractivity contribution in [2.45, 2.75) is 64.1 Å². The molecule has 0 aliphatic heterocycles. The summed E-state index contributed by atoms with van der Waals surface area (Å²) in [6.07, 6.45) is 4.15. The second-order valence-corrected chi connectivity index (χ2v) is 10.9. The monoisotopic (exact) mass is 495 g/mol. The molecule has 4 rings (SSSR count). The Balaban J connectivity index is 1.36. The number of hydrogen-bond acceptors (Lipinski definition) is 7. The molecule has 1 amide bonds. The molecule has 3 aromatic rings. The molecule has 2 heterocycles. The minimum absolute atomic E-state index is 0.151. The van der Waals surface area contributed by atoms with Gasteiger partial charge in [0.15, 0.2) is 11.0 Å². The molecule has 1 aromatic carbocycles. The van der Waals surface area contributed by atoms with Crippen molar-refractivity contribution in [2.24, 2.45) is 7.05 Å². The van der Waals surface area contributed by atoms with Gasteiger partial charge in [-0.25, -0.2) is 0 Å². The Labute approximate surface area is 208 Å². The van der Waals surface area contributed by atoms with Gasteiger partial charge in [-0.2, -0.15) is 5.26 Å². The number of amides is 1. The first-order chi connectivity index (χ1) is 16.4. The molecule has 0 fully saturated rings. The number of aromatic nitrogens is 3. The zero-order valence-electron chi connectivity index (χ0n) is 20.0. The zero-order valence-corrected chi connectivity index (χ0v) is 21.6. The summed E-state index contributed by atoms with van der Waals surface area (Å²) in [6.45, 7) is 6.63. The van der Waals surface area contributed by atoms with Gasteiger partial charge < -0.3 is 14.6 Å². The minimum Gasteiger partial charge on any atom is -0.485 e. The summed E-state index contributed by atoms with van der Waals surface area (Å²) in [5, 5.41) is 22.3. The third kappa shape index (κ3) is 5.29. The molecule has 7 nitrogen and oxygen atoms in total. The number of carbonyl (C=O) groups excluding carboxylic acids is 1. The first-order valence-corrected chi connectivity index (χ1v) is 13.3. The summed E-state index contributed by atoms with van der Waals surface area (Å²) in [5.74, 6) is 1.95. The fraction of sp³-hybridized carbons (Fsp3) is 0.440. The number of thioether (sulfide) groups is 1. The van der Waals surface area contributed by atoms with E-state index in [9.17, 15) is 10.1 Å². The van der Waals surface area contributed by atoms with Crippen LogP contribution >= 0.6 is 23.1 Å². The summed E-state index contributed by atoms with van der Waals surface area (Å²) in [7, 11) is 1.87. The summed E-state index contributed by atoms with van der Waals surface area (Å²) in [5.41, 5.74) is 4.05. The standard InChI is InChI=1S/C25H29N5O2S2/c1-15(2)17-10-9-16(3)11-20(17)32-13-22-28-29-25(30(22)4)33-14-23(31)27-24-19(12-26)18-7-5-6-8-21(18)34-24/h9-11,15H,5-8,13-14H2,1-4H3,(H,27,31). The molecule has 0 radical (unpaired) electrons. The average Bonchev–Trinajstić information content (AvgIpc) is 3.35. The lowest BCUT2D eigenvalue weighted by Crippen LogP contribution is -2.14. The van der Waals surface area contributed by atoms with Crippen molar-refractivity contribution in [3.63, 3.8) is 0 Å². The van der Waals surface area contributed by atoms with Crippen LogP contribution in [0.25, 0.3) is 0 Å². The lowest BCUT2D eigenvalue weighted by atomic mass is 9.96. The van der Waals surface area contributed by atoms with Crippen LogP contribution in [0.4, 0.5) is 5.00 Å². The summed E-state index contributed by atoms with van der Waals surface area (Å²) in [4.78, 5) is 13.8. The Morgan fingerprint density at radius 2 is 2.12 bits per heavy atom. The van der Waals surface area contributed by atoms with Crippen molar-refractivity contribution in [1.29, 1.82) is 5.26 Å².